The van der Waals surface area contributed by atoms with Gasteiger partial charge in [-0.25, -0.2) is 0 Å². The van der Waals surface area contributed by atoms with Crippen molar-refractivity contribution >= 4 is 34.4 Å². The average Bonchev–Trinajstić information content (AvgIpc) is 2.59. The number of nitro benzene ring substituents is 2. The zero-order chi connectivity index (χ0) is 17.1. The lowest BCUT2D eigenvalue weighted by Crippen LogP contribution is -1.94. The third-order valence-electron chi connectivity index (χ3n) is 3.55. The third kappa shape index (κ3) is 2.95. The van der Waals surface area contributed by atoms with Crippen LogP contribution in [0.3, 0.4) is 0 Å². The Balaban J connectivity index is 2.05. The van der Waals surface area contributed by atoms with E-state index in [-0.39, 0.29) is 11.4 Å². The monoisotopic (exact) mass is 321 g/mol. The molecule has 0 aliphatic heterocycles. The Morgan fingerprint density at radius 1 is 0.875 bits per heavy atom. The standard InChI is InChI=1S/C17H11N3O4/c21-19(22)14-8-7-13(17(11-14)20(23)24)6-5-12-9-10-18-16-4-2-1-3-15(12)16/h1-11H/b6-5+. The average molecular weight is 321 g/mol. The maximum Gasteiger partial charge on any atom is 0.283 e. The number of hydrogen-bond acceptors (Lipinski definition) is 5. The first-order valence-corrected chi connectivity index (χ1v) is 7.01. The summed E-state index contributed by atoms with van der Waals surface area (Å²) >= 11 is 0. The van der Waals surface area contributed by atoms with E-state index in [1.54, 1.807) is 24.4 Å². The van der Waals surface area contributed by atoms with Gasteiger partial charge in [0.05, 0.1) is 27.0 Å². The second-order valence-electron chi connectivity index (χ2n) is 5.01. The van der Waals surface area contributed by atoms with Crippen molar-refractivity contribution < 1.29 is 9.85 Å². The minimum atomic E-state index is -0.656. The number of aromatic nitrogens is 1. The Bertz CT molecular complexity index is 977. The molecule has 0 radical (unpaired) electrons. The second-order valence-corrected chi connectivity index (χ2v) is 5.01. The van der Waals surface area contributed by atoms with Crippen LogP contribution in [0.4, 0.5) is 11.4 Å². The van der Waals surface area contributed by atoms with Crippen LogP contribution in [0.5, 0.6) is 0 Å². The van der Waals surface area contributed by atoms with Crippen LogP contribution in [-0.2, 0) is 0 Å². The van der Waals surface area contributed by atoms with Crippen LogP contribution in [0.15, 0.2) is 54.7 Å². The van der Waals surface area contributed by atoms with Crippen LogP contribution in [-0.4, -0.2) is 14.8 Å². The summed E-state index contributed by atoms with van der Waals surface area (Å²) in [5.74, 6) is 0. The Morgan fingerprint density at radius 3 is 2.38 bits per heavy atom. The summed E-state index contributed by atoms with van der Waals surface area (Å²) in [5.41, 5.74) is 1.35. The third-order valence-corrected chi connectivity index (χ3v) is 3.55. The van der Waals surface area contributed by atoms with E-state index in [0.717, 1.165) is 22.5 Å². The van der Waals surface area contributed by atoms with Gasteiger partial charge in [0.2, 0.25) is 0 Å². The predicted octanol–water partition coefficient (Wildman–Crippen LogP) is 4.22. The largest absolute Gasteiger partial charge is 0.283 e. The molecule has 3 aromatic rings. The highest BCUT2D eigenvalue weighted by Gasteiger charge is 2.17. The molecule has 0 fully saturated rings. The summed E-state index contributed by atoms with van der Waals surface area (Å²) in [4.78, 5) is 24.9. The lowest BCUT2D eigenvalue weighted by Gasteiger charge is -2.01. The van der Waals surface area contributed by atoms with E-state index in [1.807, 2.05) is 24.3 Å². The van der Waals surface area contributed by atoms with Gasteiger partial charge in [-0.1, -0.05) is 24.3 Å². The minimum Gasteiger partial charge on any atom is -0.258 e. The Hall–Kier alpha value is -3.61. The Morgan fingerprint density at radius 2 is 1.62 bits per heavy atom. The molecule has 0 saturated carbocycles. The summed E-state index contributed by atoms with van der Waals surface area (Å²) in [7, 11) is 0. The number of nitrogens with zero attached hydrogens (tertiary/aromatic N) is 3. The van der Waals surface area contributed by atoms with Crippen LogP contribution in [0.2, 0.25) is 0 Å². The number of rotatable bonds is 4. The second kappa shape index (κ2) is 6.25. The number of nitro groups is 2. The van der Waals surface area contributed by atoms with Crippen molar-refractivity contribution in [1.29, 1.82) is 0 Å². The van der Waals surface area contributed by atoms with Crippen molar-refractivity contribution in [2.45, 2.75) is 0 Å². The van der Waals surface area contributed by atoms with Gasteiger partial charge >= 0.3 is 0 Å². The molecule has 7 heteroatoms. The lowest BCUT2D eigenvalue weighted by molar-refractivity contribution is -0.394. The molecule has 0 amide bonds. The molecule has 0 atom stereocenters. The van der Waals surface area contributed by atoms with E-state index in [4.69, 9.17) is 0 Å². The molecular weight excluding hydrogens is 310 g/mol. The van der Waals surface area contributed by atoms with Gasteiger partial charge in [-0.05, 0) is 29.8 Å². The normalized spacial score (nSPS) is 11.0. The molecule has 2 aromatic carbocycles. The Kier molecular flexibility index (Phi) is 3.98. The highest BCUT2D eigenvalue weighted by Crippen LogP contribution is 2.27. The lowest BCUT2D eigenvalue weighted by atomic mass is 10.1. The summed E-state index contributed by atoms with van der Waals surface area (Å²) in [6.07, 6.45) is 4.97. The highest BCUT2D eigenvalue weighted by molar-refractivity contribution is 5.90. The minimum absolute atomic E-state index is 0.298. The maximum absolute atomic E-state index is 11.2. The van der Waals surface area contributed by atoms with E-state index in [9.17, 15) is 20.2 Å². The van der Waals surface area contributed by atoms with Crippen molar-refractivity contribution in [2.24, 2.45) is 0 Å². The van der Waals surface area contributed by atoms with Gasteiger partial charge in [0.25, 0.3) is 11.4 Å². The molecule has 0 aliphatic carbocycles. The number of para-hydroxylation sites is 1. The fourth-order valence-corrected chi connectivity index (χ4v) is 2.39. The molecule has 0 spiro atoms. The van der Waals surface area contributed by atoms with Crippen LogP contribution in [0.25, 0.3) is 23.1 Å². The maximum atomic E-state index is 11.2. The summed E-state index contributed by atoms with van der Waals surface area (Å²) in [6, 6.07) is 12.9. The van der Waals surface area contributed by atoms with Gasteiger partial charge in [-0.15, -0.1) is 0 Å². The summed E-state index contributed by atoms with van der Waals surface area (Å²) in [5, 5.41) is 22.8. The molecule has 1 aromatic heterocycles. The number of non-ortho nitro benzene ring substituents is 1. The summed E-state index contributed by atoms with van der Waals surface area (Å²) < 4.78 is 0. The molecular formula is C17H11N3O4. The van der Waals surface area contributed by atoms with Crippen molar-refractivity contribution in [3.8, 4) is 0 Å². The van der Waals surface area contributed by atoms with Gasteiger partial charge in [-0.2, -0.15) is 0 Å². The molecule has 0 bridgehead atoms. The van der Waals surface area contributed by atoms with Gasteiger partial charge in [0.15, 0.2) is 0 Å². The van der Waals surface area contributed by atoms with E-state index in [1.165, 1.54) is 12.1 Å². The molecule has 0 saturated heterocycles. The smallest absolute Gasteiger partial charge is 0.258 e. The molecule has 24 heavy (non-hydrogen) atoms. The molecule has 7 nitrogen and oxygen atoms in total. The first kappa shape index (κ1) is 15.3. The number of pyridine rings is 1. The number of hydrogen-bond donors (Lipinski definition) is 0. The first-order chi connectivity index (χ1) is 11.6. The van der Waals surface area contributed by atoms with Gasteiger partial charge in [0, 0.05) is 17.6 Å². The molecule has 1 heterocycles. The zero-order valence-electron chi connectivity index (χ0n) is 12.3. The SMILES string of the molecule is O=[N+]([O-])c1ccc(/C=C/c2ccnc3ccccc23)c([N+](=O)[O-])c1. The zero-order valence-corrected chi connectivity index (χ0v) is 12.3. The van der Waals surface area contributed by atoms with Crippen molar-refractivity contribution in [3.63, 3.8) is 0 Å². The van der Waals surface area contributed by atoms with E-state index < -0.39 is 9.85 Å². The first-order valence-electron chi connectivity index (χ1n) is 7.01. The Labute approximate surface area is 136 Å². The molecule has 118 valence electrons. The van der Waals surface area contributed by atoms with Gasteiger partial charge in [-0.3, -0.25) is 25.2 Å². The van der Waals surface area contributed by atoms with E-state index in [2.05, 4.69) is 4.98 Å². The topological polar surface area (TPSA) is 99.2 Å². The van der Waals surface area contributed by atoms with Crippen molar-refractivity contribution in [3.05, 3.63) is 86.1 Å². The van der Waals surface area contributed by atoms with Crippen molar-refractivity contribution in [2.75, 3.05) is 0 Å². The molecule has 0 unspecified atom stereocenters. The molecule has 0 aliphatic rings. The predicted molar refractivity (Wildman–Crippen MR) is 90.4 cm³/mol. The van der Waals surface area contributed by atoms with E-state index in [0.29, 0.717) is 5.56 Å². The van der Waals surface area contributed by atoms with Gasteiger partial charge in [0.1, 0.15) is 0 Å². The van der Waals surface area contributed by atoms with Crippen LogP contribution < -0.4 is 0 Å². The van der Waals surface area contributed by atoms with Crippen LogP contribution >= 0.6 is 0 Å². The fourth-order valence-electron chi connectivity index (χ4n) is 2.39. The van der Waals surface area contributed by atoms with Gasteiger partial charge < -0.3 is 0 Å². The molecule has 0 N–H and O–H groups in total. The number of fused-ring (bicyclic) bond motifs is 1. The van der Waals surface area contributed by atoms with Crippen LogP contribution in [0.1, 0.15) is 11.1 Å². The number of benzene rings is 2. The van der Waals surface area contributed by atoms with E-state index >= 15 is 0 Å². The summed E-state index contributed by atoms with van der Waals surface area (Å²) in [6.45, 7) is 0. The highest BCUT2D eigenvalue weighted by atomic mass is 16.6. The quantitative estimate of drug-likeness (QED) is 0.529. The van der Waals surface area contributed by atoms with Crippen LogP contribution in [0, 0.1) is 20.2 Å². The van der Waals surface area contributed by atoms with Crippen molar-refractivity contribution in [1.82, 2.24) is 4.98 Å². The fraction of sp³-hybridized carbons (Fsp3) is 0. The molecule has 3 rings (SSSR count).